The molecule has 3 nitrogen and oxygen atoms in total. The highest BCUT2D eigenvalue weighted by atomic mass is 16.5. The van der Waals surface area contributed by atoms with Crippen LogP contribution in [0.2, 0.25) is 0 Å². The van der Waals surface area contributed by atoms with Gasteiger partial charge >= 0.3 is 5.63 Å². The summed E-state index contributed by atoms with van der Waals surface area (Å²) in [5.74, 6) is 0.640. The van der Waals surface area contributed by atoms with Crippen LogP contribution >= 0.6 is 0 Å². The molecule has 0 aliphatic heterocycles. The minimum atomic E-state index is -0.353. The van der Waals surface area contributed by atoms with Gasteiger partial charge in [0.1, 0.15) is 11.3 Å². The van der Waals surface area contributed by atoms with E-state index in [1.165, 1.54) is 83.1 Å². The van der Waals surface area contributed by atoms with Crippen molar-refractivity contribution in [2.24, 2.45) is 0 Å². The first-order valence-electron chi connectivity index (χ1n) is 11.0. The van der Waals surface area contributed by atoms with Gasteiger partial charge in [-0.1, -0.05) is 96.1 Å². The number of para-hydroxylation sites is 1. The fraction of sp³-hybridized carbons (Fsp3) is 0.625. The second-order valence-corrected chi connectivity index (χ2v) is 7.52. The first-order chi connectivity index (χ1) is 13.3. The van der Waals surface area contributed by atoms with Gasteiger partial charge in [0.25, 0.3) is 0 Å². The van der Waals surface area contributed by atoms with Crippen molar-refractivity contribution in [3.8, 4) is 5.75 Å². The zero-order chi connectivity index (χ0) is 19.2. The maximum Gasteiger partial charge on any atom is 0.339 e. The molecule has 1 heterocycles. The number of unbranched alkanes of at least 4 members (excludes halogenated alkanes) is 12. The van der Waals surface area contributed by atoms with E-state index >= 15 is 0 Å². The van der Waals surface area contributed by atoms with Crippen LogP contribution in [0.5, 0.6) is 5.75 Å². The lowest BCUT2D eigenvalue weighted by Gasteiger charge is -2.08. The van der Waals surface area contributed by atoms with Crippen LogP contribution in [-0.4, -0.2) is 6.61 Å². The molecule has 27 heavy (non-hydrogen) atoms. The van der Waals surface area contributed by atoms with Crippen molar-refractivity contribution >= 4 is 11.0 Å². The van der Waals surface area contributed by atoms with Crippen molar-refractivity contribution in [2.75, 3.05) is 6.61 Å². The van der Waals surface area contributed by atoms with Crippen LogP contribution in [0, 0.1) is 0 Å². The zero-order valence-corrected chi connectivity index (χ0v) is 17.0. The van der Waals surface area contributed by atoms with E-state index in [0.717, 1.165) is 11.8 Å². The molecule has 0 bridgehead atoms. The molecular weight excluding hydrogens is 336 g/mol. The lowest BCUT2D eigenvalue weighted by Crippen LogP contribution is -2.03. The van der Waals surface area contributed by atoms with Crippen LogP contribution in [0.25, 0.3) is 11.0 Å². The second kappa shape index (κ2) is 13.4. The van der Waals surface area contributed by atoms with Gasteiger partial charge in [0, 0.05) is 0 Å². The molecule has 0 saturated heterocycles. The van der Waals surface area contributed by atoms with Crippen LogP contribution in [0.15, 0.2) is 39.5 Å². The normalized spacial score (nSPS) is 11.1. The summed E-state index contributed by atoms with van der Waals surface area (Å²) in [5, 5.41) is 0.867. The molecular formula is C24H36O3. The molecule has 0 aliphatic rings. The third-order valence-corrected chi connectivity index (χ3v) is 5.12. The van der Waals surface area contributed by atoms with Crippen molar-refractivity contribution in [1.82, 2.24) is 0 Å². The van der Waals surface area contributed by atoms with Gasteiger partial charge in [-0.15, -0.1) is 0 Å². The maximum atomic E-state index is 11.6. The molecule has 0 N–H and O–H groups in total. The summed E-state index contributed by atoms with van der Waals surface area (Å²) in [7, 11) is 0. The summed E-state index contributed by atoms with van der Waals surface area (Å²) < 4.78 is 11.0. The Balaban J connectivity index is 1.48. The standard InChI is InChI=1S/C24H36O3/c1-2-3-4-5-6-7-8-9-10-11-12-13-16-19-26-23-20-24(25)27-22-18-15-14-17-21(22)23/h14-15,17-18,20H,2-13,16,19H2,1H3. The molecule has 2 aromatic rings. The van der Waals surface area contributed by atoms with Crippen LogP contribution in [0.4, 0.5) is 0 Å². The average Bonchev–Trinajstić information content (AvgIpc) is 2.68. The number of benzene rings is 1. The van der Waals surface area contributed by atoms with Gasteiger partial charge in [-0.3, -0.25) is 0 Å². The fourth-order valence-electron chi connectivity index (χ4n) is 3.50. The Bertz CT molecular complexity index is 689. The molecule has 1 aromatic heterocycles. The first kappa shape index (κ1) is 21.5. The fourth-order valence-corrected chi connectivity index (χ4v) is 3.50. The topological polar surface area (TPSA) is 39.4 Å². The molecule has 0 radical (unpaired) electrons. The molecule has 0 amide bonds. The average molecular weight is 373 g/mol. The van der Waals surface area contributed by atoms with Crippen molar-refractivity contribution in [2.45, 2.75) is 90.4 Å². The molecule has 0 fully saturated rings. The monoisotopic (exact) mass is 372 g/mol. The molecule has 0 atom stereocenters. The number of ether oxygens (including phenoxy) is 1. The third-order valence-electron chi connectivity index (χ3n) is 5.12. The predicted molar refractivity (Wildman–Crippen MR) is 114 cm³/mol. The summed E-state index contributed by atoms with van der Waals surface area (Å²) in [6.07, 6.45) is 17.4. The largest absolute Gasteiger partial charge is 0.493 e. The van der Waals surface area contributed by atoms with Crippen LogP contribution in [0.3, 0.4) is 0 Å². The van der Waals surface area contributed by atoms with Gasteiger partial charge in [-0.05, 0) is 18.6 Å². The van der Waals surface area contributed by atoms with Gasteiger partial charge in [0.15, 0.2) is 0 Å². The van der Waals surface area contributed by atoms with Gasteiger partial charge in [-0.25, -0.2) is 4.79 Å². The van der Waals surface area contributed by atoms with Crippen LogP contribution < -0.4 is 10.4 Å². The van der Waals surface area contributed by atoms with Gasteiger partial charge in [-0.2, -0.15) is 0 Å². The van der Waals surface area contributed by atoms with Gasteiger partial charge in [0.2, 0.25) is 0 Å². The zero-order valence-electron chi connectivity index (χ0n) is 17.0. The number of hydrogen-bond acceptors (Lipinski definition) is 3. The number of fused-ring (bicyclic) bond motifs is 1. The summed E-state index contributed by atoms with van der Waals surface area (Å²) in [6, 6.07) is 8.97. The number of rotatable bonds is 15. The Morgan fingerprint density at radius 1 is 0.778 bits per heavy atom. The van der Waals surface area contributed by atoms with Gasteiger partial charge < -0.3 is 9.15 Å². The Labute approximate surface area is 164 Å². The highest BCUT2D eigenvalue weighted by molar-refractivity contribution is 5.82. The van der Waals surface area contributed by atoms with Crippen molar-refractivity contribution in [1.29, 1.82) is 0 Å². The first-order valence-corrected chi connectivity index (χ1v) is 11.0. The van der Waals surface area contributed by atoms with E-state index in [1.54, 1.807) is 6.07 Å². The van der Waals surface area contributed by atoms with E-state index in [1.807, 2.05) is 18.2 Å². The smallest absolute Gasteiger partial charge is 0.339 e. The molecule has 150 valence electrons. The van der Waals surface area contributed by atoms with E-state index in [4.69, 9.17) is 9.15 Å². The Morgan fingerprint density at radius 3 is 1.96 bits per heavy atom. The summed E-state index contributed by atoms with van der Waals surface area (Å²) >= 11 is 0. The highest BCUT2D eigenvalue weighted by Crippen LogP contribution is 2.23. The van der Waals surface area contributed by atoms with E-state index in [-0.39, 0.29) is 5.63 Å². The van der Waals surface area contributed by atoms with E-state index in [2.05, 4.69) is 6.92 Å². The lowest BCUT2D eigenvalue weighted by molar-refractivity contribution is 0.305. The van der Waals surface area contributed by atoms with Gasteiger partial charge in [0.05, 0.1) is 18.1 Å². The highest BCUT2D eigenvalue weighted by Gasteiger charge is 2.05. The molecule has 3 heteroatoms. The predicted octanol–water partition coefficient (Wildman–Crippen LogP) is 7.26. The number of hydrogen-bond donors (Lipinski definition) is 0. The summed E-state index contributed by atoms with van der Waals surface area (Å²) in [6.45, 7) is 2.93. The Hall–Kier alpha value is -1.77. The summed E-state index contributed by atoms with van der Waals surface area (Å²) in [5.41, 5.74) is 0.236. The Kier molecular flexibility index (Phi) is 10.7. The lowest BCUT2D eigenvalue weighted by atomic mass is 10.0. The Morgan fingerprint density at radius 2 is 1.33 bits per heavy atom. The molecule has 2 rings (SSSR count). The SMILES string of the molecule is CCCCCCCCCCCCCCCOc1cc(=O)oc2ccccc12. The quantitative estimate of drug-likeness (QED) is 0.244. The van der Waals surface area contributed by atoms with Crippen LogP contribution in [-0.2, 0) is 0 Å². The van der Waals surface area contributed by atoms with Crippen LogP contribution in [0.1, 0.15) is 90.4 Å². The van der Waals surface area contributed by atoms with Crippen molar-refractivity contribution in [3.05, 3.63) is 40.8 Å². The summed E-state index contributed by atoms with van der Waals surface area (Å²) in [4.78, 5) is 11.6. The van der Waals surface area contributed by atoms with E-state index in [9.17, 15) is 4.79 Å². The van der Waals surface area contributed by atoms with E-state index < -0.39 is 0 Å². The molecule has 0 unspecified atom stereocenters. The minimum Gasteiger partial charge on any atom is -0.493 e. The maximum absolute atomic E-state index is 11.6. The second-order valence-electron chi connectivity index (χ2n) is 7.52. The molecule has 0 aliphatic carbocycles. The molecule has 0 spiro atoms. The van der Waals surface area contributed by atoms with E-state index in [0.29, 0.717) is 17.9 Å². The minimum absolute atomic E-state index is 0.353. The molecule has 1 aromatic carbocycles. The van der Waals surface area contributed by atoms with Crippen molar-refractivity contribution in [3.63, 3.8) is 0 Å². The van der Waals surface area contributed by atoms with Crippen molar-refractivity contribution < 1.29 is 9.15 Å². The molecule has 0 saturated carbocycles. The third kappa shape index (κ3) is 8.64.